The van der Waals surface area contributed by atoms with Crippen molar-refractivity contribution in [1.29, 1.82) is 0 Å². The Kier molecular flexibility index (Phi) is 2.48. The van der Waals surface area contributed by atoms with Gasteiger partial charge in [-0.25, -0.2) is 4.39 Å². The zero-order chi connectivity index (χ0) is 15.1. The minimum Gasteiger partial charge on any atom is -0.371 e. The summed E-state index contributed by atoms with van der Waals surface area (Å²) in [5, 5.41) is 9.29. The summed E-state index contributed by atoms with van der Waals surface area (Å²) in [4.78, 5) is 0. The lowest BCUT2D eigenvalue weighted by molar-refractivity contribution is -0.425. The average Bonchev–Trinajstić information content (AvgIpc) is 2.79. The predicted molar refractivity (Wildman–Crippen MR) is 53.2 cm³/mol. The van der Waals surface area contributed by atoms with Crippen molar-refractivity contribution in [3.8, 4) is 0 Å². The smallest absolute Gasteiger partial charge is 0.371 e. The first-order valence-corrected chi connectivity index (χ1v) is 6.16. The molecule has 8 heteroatoms. The zero-order valence-electron chi connectivity index (χ0n) is 9.97. The monoisotopic (exact) mass is 304 g/mol. The maximum atomic E-state index is 14.6. The van der Waals surface area contributed by atoms with Crippen LogP contribution in [0.15, 0.2) is 12.2 Å². The largest absolute Gasteiger partial charge is 0.429 e. The van der Waals surface area contributed by atoms with Gasteiger partial charge in [0.1, 0.15) is 0 Å². The van der Waals surface area contributed by atoms with Gasteiger partial charge in [0.25, 0.3) is 5.60 Å². The molecular weight excluding hydrogens is 293 g/mol. The number of hydrogen-bond donors (Lipinski definition) is 1. The van der Waals surface area contributed by atoms with Gasteiger partial charge in [-0.05, 0) is 30.6 Å². The van der Waals surface area contributed by atoms with Gasteiger partial charge in [-0.3, -0.25) is 0 Å². The highest BCUT2D eigenvalue weighted by molar-refractivity contribution is 5.29. The van der Waals surface area contributed by atoms with E-state index in [1.165, 1.54) is 6.08 Å². The third kappa shape index (κ3) is 1.33. The van der Waals surface area contributed by atoms with Crippen LogP contribution in [0.4, 0.5) is 30.7 Å². The molecule has 5 atom stereocenters. The lowest BCUT2D eigenvalue weighted by Crippen LogP contribution is -2.76. The average molecular weight is 304 g/mol. The third-order valence-electron chi connectivity index (χ3n) is 5.11. The van der Waals surface area contributed by atoms with Gasteiger partial charge in [0.05, 0.1) is 0 Å². The summed E-state index contributed by atoms with van der Waals surface area (Å²) >= 11 is 0. The Morgan fingerprint density at radius 3 is 1.90 bits per heavy atom. The minimum atomic E-state index is -6.10. The van der Waals surface area contributed by atoms with Crippen LogP contribution in [-0.2, 0) is 0 Å². The fourth-order valence-electron chi connectivity index (χ4n) is 4.22. The van der Waals surface area contributed by atoms with Gasteiger partial charge in [0.2, 0.25) is 0 Å². The molecule has 0 aromatic heterocycles. The Labute approximate surface area is 109 Å². The molecule has 2 saturated carbocycles. The molecule has 3 aliphatic rings. The molecule has 20 heavy (non-hydrogen) atoms. The van der Waals surface area contributed by atoms with Crippen molar-refractivity contribution in [2.24, 2.45) is 23.7 Å². The molecule has 5 unspecified atom stereocenters. The van der Waals surface area contributed by atoms with Crippen LogP contribution in [0.2, 0.25) is 0 Å². The van der Waals surface area contributed by atoms with Crippen LogP contribution >= 0.6 is 0 Å². The molecule has 1 N–H and O–H groups in total. The van der Waals surface area contributed by atoms with Gasteiger partial charge in [0.15, 0.2) is 5.67 Å². The molecular formula is C12H11F7O. The van der Waals surface area contributed by atoms with Gasteiger partial charge in [-0.15, -0.1) is 0 Å². The Hall–Kier alpha value is -0.790. The highest BCUT2D eigenvalue weighted by atomic mass is 19.4. The van der Waals surface area contributed by atoms with E-state index >= 15 is 0 Å². The zero-order valence-corrected chi connectivity index (χ0v) is 9.97. The van der Waals surface area contributed by atoms with E-state index in [0.717, 1.165) is 0 Å². The van der Waals surface area contributed by atoms with E-state index in [9.17, 15) is 35.8 Å². The van der Waals surface area contributed by atoms with Crippen molar-refractivity contribution < 1.29 is 35.8 Å². The van der Waals surface area contributed by atoms with E-state index in [1.807, 2.05) is 0 Å². The molecule has 2 bridgehead atoms. The number of aliphatic hydroxyl groups is 1. The molecule has 1 nitrogen and oxygen atoms in total. The van der Waals surface area contributed by atoms with Crippen molar-refractivity contribution in [3.05, 3.63) is 12.2 Å². The molecule has 0 saturated heterocycles. The van der Waals surface area contributed by atoms with E-state index in [2.05, 4.69) is 0 Å². The molecule has 114 valence electrons. The summed E-state index contributed by atoms with van der Waals surface area (Å²) in [6.07, 6.45) is -9.56. The molecule has 3 rings (SSSR count). The van der Waals surface area contributed by atoms with Crippen molar-refractivity contribution in [2.75, 3.05) is 0 Å². The summed E-state index contributed by atoms with van der Waals surface area (Å²) in [5.41, 5.74) is -9.00. The van der Waals surface area contributed by atoms with Gasteiger partial charge in [-0.1, -0.05) is 12.2 Å². The van der Waals surface area contributed by atoms with Crippen LogP contribution in [0.25, 0.3) is 0 Å². The Morgan fingerprint density at radius 2 is 1.45 bits per heavy atom. The van der Waals surface area contributed by atoms with Crippen LogP contribution in [-0.4, -0.2) is 28.7 Å². The summed E-state index contributed by atoms with van der Waals surface area (Å²) in [7, 11) is 0. The van der Waals surface area contributed by atoms with Crippen molar-refractivity contribution >= 4 is 0 Å². The summed E-state index contributed by atoms with van der Waals surface area (Å²) < 4.78 is 91.4. The number of fused-ring (bicyclic) bond motifs is 5. The number of allylic oxidation sites excluding steroid dienone is 2. The second-order valence-electron chi connectivity index (χ2n) is 5.91. The van der Waals surface area contributed by atoms with Crippen molar-refractivity contribution in [1.82, 2.24) is 0 Å². The SMILES string of the molecule is OC(C(F)(F)F)(C(F)(F)F)C1(F)CC2C3C=CC(C3)C21. The van der Waals surface area contributed by atoms with E-state index < -0.39 is 47.8 Å². The normalized spacial score (nSPS) is 43.6. The maximum absolute atomic E-state index is 14.6. The quantitative estimate of drug-likeness (QED) is 0.581. The predicted octanol–water partition coefficient (Wildman–Crippen LogP) is 3.39. The standard InChI is InChI=1S/C12H11F7O/c13-9(10(20,11(14,15)16)12(17,18)19)4-7-5-1-2-6(3-5)8(7)9/h1-2,5-8,20H,3-4H2. The van der Waals surface area contributed by atoms with E-state index in [0.29, 0.717) is 6.42 Å². The molecule has 0 aromatic carbocycles. The van der Waals surface area contributed by atoms with Crippen LogP contribution in [0.3, 0.4) is 0 Å². The molecule has 0 spiro atoms. The molecule has 0 heterocycles. The van der Waals surface area contributed by atoms with Gasteiger partial charge < -0.3 is 5.11 Å². The molecule has 0 amide bonds. The summed E-state index contributed by atoms with van der Waals surface area (Å²) in [5.74, 6) is -2.77. The van der Waals surface area contributed by atoms with Crippen LogP contribution in [0.5, 0.6) is 0 Å². The van der Waals surface area contributed by atoms with Crippen LogP contribution < -0.4 is 0 Å². The minimum absolute atomic E-state index is 0.167. The van der Waals surface area contributed by atoms with E-state index in [1.54, 1.807) is 6.08 Å². The number of rotatable bonds is 1. The van der Waals surface area contributed by atoms with Gasteiger partial charge in [0, 0.05) is 5.92 Å². The van der Waals surface area contributed by atoms with Crippen molar-refractivity contribution in [3.63, 3.8) is 0 Å². The third-order valence-corrected chi connectivity index (χ3v) is 5.11. The Balaban J connectivity index is 2.04. The van der Waals surface area contributed by atoms with Gasteiger partial charge in [-0.2, -0.15) is 26.3 Å². The topological polar surface area (TPSA) is 20.2 Å². The number of hydrogen-bond acceptors (Lipinski definition) is 1. The lowest BCUT2D eigenvalue weighted by atomic mass is 9.52. The highest BCUT2D eigenvalue weighted by Gasteiger charge is 2.86. The molecule has 0 radical (unpaired) electrons. The van der Waals surface area contributed by atoms with Crippen LogP contribution in [0.1, 0.15) is 12.8 Å². The number of alkyl halides is 7. The number of halogens is 7. The van der Waals surface area contributed by atoms with Crippen molar-refractivity contribution in [2.45, 2.75) is 36.5 Å². The first kappa shape index (κ1) is 14.2. The summed E-state index contributed by atoms with van der Waals surface area (Å²) in [6.45, 7) is 0. The van der Waals surface area contributed by atoms with Gasteiger partial charge >= 0.3 is 12.4 Å². The first-order chi connectivity index (χ1) is 8.93. The summed E-state index contributed by atoms with van der Waals surface area (Å²) in [6, 6.07) is 0. The Morgan fingerprint density at radius 1 is 0.950 bits per heavy atom. The fourth-order valence-corrected chi connectivity index (χ4v) is 4.22. The molecule has 0 aliphatic heterocycles. The van der Waals surface area contributed by atoms with E-state index in [4.69, 9.17) is 0 Å². The second kappa shape index (κ2) is 3.51. The highest BCUT2D eigenvalue weighted by Crippen LogP contribution is 2.70. The molecule has 3 aliphatic carbocycles. The van der Waals surface area contributed by atoms with Crippen LogP contribution in [0, 0.1) is 23.7 Å². The van der Waals surface area contributed by atoms with E-state index in [-0.39, 0.29) is 5.92 Å². The second-order valence-corrected chi connectivity index (χ2v) is 5.91. The molecule has 2 fully saturated rings. The maximum Gasteiger partial charge on any atom is 0.429 e. The molecule has 0 aromatic rings. The first-order valence-electron chi connectivity index (χ1n) is 6.16. The fraction of sp³-hybridized carbons (Fsp3) is 0.833. The Bertz CT molecular complexity index is 451. The lowest BCUT2D eigenvalue weighted by Gasteiger charge is -2.57.